The molecule has 0 radical (unpaired) electrons. The number of nitrogens with one attached hydrogen (secondary N) is 1. The zero-order valence-electron chi connectivity index (χ0n) is 12.0. The summed E-state index contributed by atoms with van der Waals surface area (Å²) in [5.41, 5.74) is 4.16. The lowest BCUT2D eigenvalue weighted by atomic mass is 9.91. The van der Waals surface area contributed by atoms with Crippen molar-refractivity contribution in [3.63, 3.8) is 0 Å². The molecular weight excluding hydrogens is 244 g/mol. The predicted molar refractivity (Wildman–Crippen MR) is 82.9 cm³/mol. The smallest absolute Gasteiger partial charge is 0.0482 e. The third-order valence-electron chi connectivity index (χ3n) is 4.25. The van der Waals surface area contributed by atoms with Crippen LogP contribution in [-0.4, -0.2) is 17.6 Å². The van der Waals surface area contributed by atoms with E-state index in [1.54, 1.807) is 0 Å². The maximum Gasteiger partial charge on any atom is 0.0482 e. The molecule has 1 aliphatic rings. The van der Waals surface area contributed by atoms with E-state index >= 15 is 0 Å². The van der Waals surface area contributed by atoms with Crippen molar-refractivity contribution in [2.75, 3.05) is 6.54 Å². The van der Waals surface area contributed by atoms with Crippen LogP contribution >= 0.6 is 0 Å². The van der Waals surface area contributed by atoms with Crippen LogP contribution in [0.3, 0.4) is 0 Å². The molecule has 0 fully saturated rings. The highest BCUT2D eigenvalue weighted by Crippen LogP contribution is 2.34. The van der Waals surface area contributed by atoms with Crippen LogP contribution in [0.1, 0.15) is 36.1 Å². The predicted octanol–water partition coefficient (Wildman–Crippen LogP) is 3.33. The Morgan fingerprint density at radius 3 is 2.85 bits per heavy atom. The molecule has 1 heterocycles. The molecule has 0 bridgehead atoms. The second-order valence-corrected chi connectivity index (χ2v) is 5.55. The van der Waals surface area contributed by atoms with Crippen molar-refractivity contribution >= 4 is 0 Å². The van der Waals surface area contributed by atoms with Gasteiger partial charge < -0.3 is 5.32 Å². The van der Waals surface area contributed by atoms with Gasteiger partial charge in [0.15, 0.2) is 0 Å². The molecule has 1 aliphatic carbocycles. The Hall–Kier alpha value is -1.67. The van der Waals surface area contributed by atoms with Gasteiger partial charge in [0.05, 0.1) is 0 Å². The molecule has 104 valence electrons. The van der Waals surface area contributed by atoms with Gasteiger partial charge in [0.1, 0.15) is 0 Å². The van der Waals surface area contributed by atoms with Crippen molar-refractivity contribution in [1.29, 1.82) is 0 Å². The third kappa shape index (κ3) is 2.75. The minimum absolute atomic E-state index is 0.485. The largest absolute Gasteiger partial charge is 0.313 e. The number of hydrogen-bond donors (Lipinski definition) is 1. The first-order chi connectivity index (χ1) is 9.88. The van der Waals surface area contributed by atoms with Crippen molar-refractivity contribution in [2.24, 2.45) is 0 Å². The fraction of sp³-hybridized carbons (Fsp3) is 0.389. The van der Waals surface area contributed by atoms with E-state index in [2.05, 4.69) is 59.7 Å². The summed E-state index contributed by atoms with van der Waals surface area (Å²) in [5.74, 6) is 0.548. The zero-order chi connectivity index (χ0) is 13.8. The number of aromatic nitrogens is 1. The van der Waals surface area contributed by atoms with Crippen LogP contribution in [-0.2, 0) is 12.8 Å². The number of likely N-dealkylation sites (N-methyl/N-ethyl adjacent to an activating group) is 1. The number of pyridine rings is 1. The lowest BCUT2D eigenvalue weighted by molar-refractivity contribution is 0.430. The molecule has 2 atom stereocenters. The van der Waals surface area contributed by atoms with E-state index in [1.807, 2.05) is 6.20 Å². The number of aryl methyl sites for hydroxylation is 1. The van der Waals surface area contributed by atoms with Crippen LogP contribution in [0.5, 0.6) is 0 Å². The zero-order valence-corrected chi connectivity index (χ0v) is 12.0. The summed E-state index contributed by atoms with van der Waals surface area (Å²) in [4.78, 5) is 4.65. The van der Waals surface area contributed by atoms with E-state index in [4.69, 9.17) is 0 Å². The quantitative estimate of drug-likeness (QED) is 0.898. The summed E-state index contributed by atoms with van der Waals surface area (Å²) in [5, 5.41) is 3.67. The lowest BCUT2D eigenvalue weighted by Gasteiger charge is -2.25. The summed E-state index contributed by atoms with van der Waals surface area (Å²) in [7, 11) is 0. The van der Waals surface area contributed by atoms with Gasteiger partial charge in [0, 0.05) is 23.9 Å². The van der Waals surface area contributed by atoms with E-state index in [9.17, 15) is 0 Å². The van der Waals surface area contributed by atoms with Gasteiger partial charge in [-0.25, -0.2) is 0 Å². The van der Waals surface area contributed by atoms with Crippen LogP contribution in [0.4, 0.5) is 0 Å². The van der Waals surface area contributed by atoms with Gasteiger partial charge in [-0.15, -0.1) is 0 Å². The summed E-state index contributed by atoms with van der Waals surface area (Å²) in [6.45, 7) is 3.20. The molecule has 0 saturated carbocycles. The fourth-order valence-corrected chi connectivity index (χ4v) is 3.32. The Kier molecular flexibility index (Phi) is 4.12. The Labute approximate surface area is 121 Å². The van der Waals surface area contributed by atoms with E-state index in [0.717, 1.165) is 13.0 Å². The molecule has 0 spiro atoms. The summed E-state index contributed by atoms with van der Waals surface area (Å²) in [6, 6.07) is 15.5. The Bertz CT molecular complexity index is 550. The van der Waals surface area contributed by atoms with Gasteiger partial charge in [0.25, 0.3) is 0 Å². The molecule has 2 heteroatoms. The van der Waals surface area contributed by atoms with Crippen molar-refractivity contribution in [1.82, 2.24) is 10.3 Å². The topological polar surface area (TPSA) is 24.9 Å². The first-order valence-corrected chi connectivity index (χ1v) is 7.59. The van der Waals surface area contributed by atoms with Gasteiger partial charge in [-0.05, 0) is 43.0 Å². The van der Waals surface area contributed by atoms with Gasteiger partial charge in [0.2, 0.25) is 0 Å². The first-order valence-electron chi connectivity index (χ1n) is 7.59. The number of rotatable bonds is 5. The Balaban J connectivity index is 1.81. The standard InChI is InChI=1S/C18H22N2/c1-2-19-17(13-14-7-4-3-5-8-14)16-11-10-15-9-6-12-20-18(15)16/h3-9,12,16-17,19H,2,10-11,13H2,1H3. The van der Waals surface area contributed by atoms with Crippen LogP contribution in [0.25, 0.3) is 0 Å². The van der Waals surface area contributed by atoms with Crippen LogP contribution in [0, 0.1) is 0 Å². The molecule has 0 aliphatic heterocycles. The van der Waals surface area contributed by atoms with E-state index < -0.39 is 0 Å². The highest BCUT2D eigenvalue weighted by Gasteiger charge is 2.30. The highest BCUT2D eigenvalue weighted by molar-refractivity contribution is 5.31. The summed E-state index contributed by atoms with van der Waals surface area (Å²) >= 11 is 0. The van der Waals surface area contributed by atoms with E-state index in [0.29, 0.717) is 12.0 Å². The van der Waals surface area contributed by atoms with Crippen LogP contribution in [0.2, 0.25) is 0 Å². The monoisotopic (exact) mass is 266 g/mol. The molecule has 1 N–H and O–H groups in total. The summed E-state index contributed by atoms with van der Waals surface area (Å²) < 4.78 is 0. The second kappa shape index (κ2) is 6.19. The normalized spacial score (nSPS) is 18.8. The first kappa shape index (κ1) is 13.3. The third-order valence-corrected chi connectivity index (χ3v) is 4.25. The summed E-state index contributed by atoms with van der Waals surface area (Å²) in [6.07, 6.45) is 5.40. The van der Waals surface area contributed by atoms with Crippen LogP contribution < -0.4 is 5.32 Å². The van der Waals surface area contributed by atoms with Gasteiger partial charge in [-0.3, -0.25) is 4.98 Å². The molecule has 1 aromatic carbocycles. The molecule has 0 amide bonds. The Morgan fingerprint density at radius 1 is 1.20 bits per heavy atom. The molecule has 20 heavy (non-hydrogen) atoms. The maximum atomic E-state index is 4.65. The van der Waals surface area contributed by atoms with E-state index in [-0.39, 0.29) is 0 Å². The number of nitrogens with zero attached hydrogens (tertiary/aromatic N) is 1. The molecule has 2 nitrogen and oxygen atoms in total. The minimum Gasteiger partial charge on any atom is -0.313 e. The fourth-order valence-electron chi connectivity index (χ4n) is 3.32. The molecule has 3 rings (SSSR count). The highest BCUT2D eigenvalue weighted by atomic mass is 14.9. The lowest BCUT2D eigenvalue weighted by Crippen LogP contribution is -2.36. The molecule has 1 aromatic heterocycles. The molecule has 2 aromatic rings. The number of hydrogen-bond acceptors (Lipinski definition) is 2. The average Bonchev–Trinajstić information content (AvgIpc) is 2.92. The van der Waals surface area contributed by atoms with Gasteiger partial charge >= 0.3 is 0 Å². The maximum absolute atomic E-state index is 4.65. The van der Waals surface area contributed by atoms with Gasteiger partial charge in [-0.1, -0.05) is 43.3 Å². The molecular formula is C18H22N2. The SMILES string of the molecule is CCNC(Cc1ccccc1)C1CCc2cccnc21. The van der Waals surface area contributed by atoms with Crippen molar-refractivity contribution in [3.05, 3.63) is 65.5 Å². The number of fused-ring (bicyclic) bond motifs is 1. The Morgan fingerprint density at radius 2 is 2.05 bits per heavy atom. The molecule has 0 saturated heterocycles. The van der Waals surface area contributed by atoms with Crippen molar-refractivity contribution in [2.45, 2.75) is 38.1 Å². The van der Waals surface area contributed by atoms with Crippen molar-refractivity contribution in [3.8, 4) is 0 Å². The van der Waals surface area contributed by atoms with Crippen LogP contribution in [0.15, 0.2) is 48.7 Å². The minimum atomic E-state index is 0.485. The van der Waals surface area contributed by atoms with E-state index in [1.165, 1.54) is 29.7 Å². The van der Waals surface area contributed by atoms with Gasteiger partial charge in [-0.2, -0.15) is 0 Å². The van der Waals surface area contributed by atoms with Crippen molar-refractivity contribution < 1.29 is 0 Å². The second-order valence-electron chi connectivity index (χ2n) is 5.55. The number of benzene rings is 1. The molecule has 2 unspecified atom stereocenters. The average molecular weight is 266 g/mol.